The van der Waals surface area contributed by atoms with Gasteiger partial charge in [-0.2, -0.15) is 0 Å². The van der Waals surface area contributed by atoms with Gasteiger partial charge >= 0.3 is 5.97 Å². The number of furan rings is 1. The molecule has 0 fully saturated rings. The summed E-state index contributed by atoms with van der Waals surface area (Å²) in [4.78, 5) is 21.7. The average Bonchev–Trinajstić information content (AvgIpc) is 3.14. The number of ether oxygens (including phenoxy) is 3. The van der Waals surface area contributed by atoms with Crippen molar-refractivity contribution >= 4 is 12.3 Å². The van der Waals surface area contributed by atoms with Crippen LogP contribution in [0.15, 0.2) is 34.7 Å². The van der Waals surface area contributed by atoms with Crippen molar-refractivity contribution < 1.29 is 43.5 Å². The summed E-state index contributed by atoms with van der Waals surface area (Å²) < 4.78 is 20.7. The van der Waals surface area contributed by atoms with E-state index < -0.39 is 17.9 Å². The molecule has 0 spiro atoms. The molecule has 0 aliphatic carbocycles. The van der Waals surface area contributed by atoms with E-state index in [1.165, 1.54) is 25.3 Å². The van der Waals surface area contributed by atoms with Gasteiger partial charge in [0, 0.05) is 12.7 Å². The molecular formula is C17H18O9. The molecule has 3 N–H and O–H groups in total. The molecule has 0 bridgehead atoms. The first-order chi connectivity index (χ1) is 12.3. The number of aliphatic carboxylic acids is 1. The van der Waals surface area contributed by atoms with Crippen LogP contribution in [0.4, 0.5) is 0 Å². The molecule has 0 saturated carbocycles. The lowest BCUT2D eigenvalue weighted by atomic mass is 10.1. The van der Waals surface area contributed by atoms with Gasteiger partial charge in [0.25, 0.3) is 5.79 Å². The Morgan fingerprint density at radius 2 is 2.00 bits per heavy atom. The topological polar surface area (TPSA) is 136 Å². The summed E-state index contributed by atoms with van der Waals surface area (Å²) in [6, 6.07) is 7.29. The third kappa shape index (κ3) is 3.85. The summed E-state index contributed by atoms with van der Waals surface area (Å²) in [6.45, 7) is -0.0836. The number of carbonyl (C=O) groups is 2. The first-order valence-corrected chi connectivity index (χ1v) is 7.39. The first-order valence-electron chi connectivity index (χ1n) is 7.39. The van der Waals surface area contributed by atoms with Gasteiger partial charge in [-0.3, -0.25) is 4.79 Å². The fourth-order valence-electron chi connectivity index (χ4n) is 2.19. The predicted octanol–water partition coefficient (Wildman–Crippen LogP) is 0.917. The number of carboxylic acid groups (broad SMARTS) is 1. The van der Waals surface area contributed by atoms with Gasteiger partial charge in [0.2, 0.25) is 6.10 Å². The molecule has 0 radical (unpaired) electrons. The molecule has 2 aromatic rings. The number of benzene rings is 1. The highest BCUT2D eigenvalue weighted by Gasteiger charge is 2.45. The Kier molecular flexibility index (Phi) is 5.98. The molecule has 1 heterocycles. The molecule has 0 amide bonds. The van der Waals surface area contributed by atoms with E-state index in [4.69, 9.17) is 23.7 Å². The van der Waals surface area contributed by atoms with Crippen molar-refractivity contribution in [2.24, 2.45) is 0 Å². The van der Waals surface area contributed by atoms with Crippen molar-refractivity contribution in [2.75, 3.05) is 14.2 Å². The molecule has 1 aromatic heterocycles. The molecule has 0 aliphatic heterocycles. The van der Waals surface area contributed by atoms with Crippen LogP contribution in [0, 0.1) is 0 Å². The fourth-order valence-corrected chi connectivity index (χ4v) is 2.19. The minimum absolute atomic E-state index is 0.0836. The number of hydrogen-bond acceptors (Lipinski definition) is 8. The van der Waals surface area contributed by atoms with Gasteiger partial charge < -0.3 is 33.9 Å². The molecule has 9 nitrogen and oxygen atoms in total. The lowest BCUT2D eigenvalue weighted by molar-refractivity contribution is -0.261. The zero-order valence-electron chi connectivity index (χ0n) is 14.0. The molecule has 9 heteroatoms. The number of aliphatic hydroxyl groups excluding tert-OH is 1. The van der Waals surface area contributed by atoms with Crippen molar-refractivity contribution in [3.8, 4) is 11.5 Å². The van der Waals surface area contributed by atoms with E-state index >= 15 is 0 Å². The van der Waals surface area contributed by atoms with Crippen molar-refractivity contribution in [2.45, 2.75) is 18.5 Å². The van der Waals surface area contributed by atoms with Crippen molar-refractivity contribution in [3.63, 3.8) is 0 Å². The van der Waals surface area contributed by atoms with Crippen LogP contribution in [0.5, 0.6) is 11.5 Å². The molecule has 140 valence electrons. The van der Waals surface area contributed by atoms with Gasteiger partial charge in [0.1, 0.15) is 18.7 Å². The lowest BCUT2D eigenvalue weighted by Crippen LogP contribution is -2.45. The van der Waals surface area contributed by atoms with Gasteiger partial charge in [-0.05, 0) is 30.3 Å². The van der Waals surface area contributed by atoms with E-state index in [0.717, 1.165) is 7.11 Å². The second kappa shape index (κ2) is 8.00. The van der Waals surface area contributed by atoms with Crippen LogP contribution in [0.1, 0.15) is 21.9 Å². The van der Waals surface area contributed by atoms with E-state index in [9.17, 15) is 19.8 Å². The Labute approximate surface area is 148 Å². The predicted molar refractivity (Wildman–Crippen MR) is 86.0 cm³/mol. The molecule has 1 aromatic carbocycles. The zero-order valence-corrected chi connectivity index (χ0v) is 14.0. The third-order valence-electron chi connectivity index (χ3n) is 3.62. The van der Waals surface area contributed by atoms with Gasteiger partial charge in [-0.15, -0.1) is 0 Å². The average molecular weight is 366 g/mol. The Morgan fingerprint density at radius 1 is 1.27 bits per heavy atom. The maximum Gasteiger partial charge on any atom is 0.338 e. The van der Waals surface area contributed by atoms with Gasteiger partial charge in [0.05, 0.1) is 7.11 Å². The van der Waals surface area contributed by atoms with E-state index in [0.29, 0.717) is 23.3 Å². The second-order valence-corrected chi connectivity index (χ2v) is 5.22. The molecule has 2 unspecified atom stereocenters. The number of aliphatic hydroxyl groups is 2. The van der Waals surface area contributed by atoms with E-state index in [2.05, 4.69) is 0 Å². The van der Waals surface area contributed by atoms with E-state index in [-0.39, 0.29) is 18.1 Å². The van der Waals surface area contributed by atoms with Crippen LogP contribution in [-0.2, 0) is 21.9 Å². The molecule has 0 saturated heterocycles. The Balaban J connectivity index is 2.16. The number of carboxylic acids is 1. The van der Waals surface area contributed by atoms with Gasteiger partial charge in [-0.1, -0.05) is 0 Å². The molecule has 26 heavy (non-hydrogen) atoms. The van der Waals surface area contributed by atoms with Crippen LogP contribution in [0.25, 0.3) is 0 Å². The summed E-state index contributed by atoms with van der Waals surface area (Å²) in [7, 11) is 2.46. The molecule has 0 aliphatic rings. The number of hydrogen-bond donors (Lipinski definition) is 3. The van der Waals surface area contributed by atoms with Crippen molar-refractivity contribution in [1.82, 2.24) is 0 Å². The molecule has 2 rings (SSSR count). The fraction of sp³-hybridized carbons (Fsp3) is 0.294. The lowest BCUT2D eigenvalue weighted by Gasteiger charge is -2.26. The third-order valence-corrected chi connectivity index (χ3v) is 3.62. The SMILES string of the molecule is COc1cc(C=O)ccc1OCc1ccc(C(O)(OC)C(O)C(=O)O)o1. The van der Waals surface area contributed by atoms with Crippen LogP contribution in [0.3, 0.4) is 0 Å². The van der Waals surface area contributed by atoms with Gasteiger partial charge in [0.15, 0.2) is 17.3 Å². The van der Waals surface area contributed by atoms with Crippen LogP contribution >= 0.6 is 0 Å². The quantitative estimate of drug-likeness (QED) is 0.437. The molecular weight excluding hydrogens is 348 g/mol. The molecule has 2 atom stereocenters. The van der Waals surface area contributed by atoms with Crippen molar-refractivity contribution in [3.05, 3.63) is 47.4 Å². The maximum atomic E-state index is 10.9. The summed E-state index contributed by atoms with van der Waals surface area (Å²) in [5.41, 5.74) is 0.419. The highest BCUT2D eigenvalue weighted by Crippen LogP contribution is 2.31. The van der Waals surface area contributed by atoms with E-state index in [1.54, 1.807) is 12.1 Å². The summed E-state index contributed by atoms with van der Waals surface area (Å²) >= 11 is 0. The minimum Gasteiger partial charge on any atom is -0.493 e. The Bertz CT molecular complexity index is 782. The smallest absolute Gasteiger partial charge is 0.338 e. The number of rotatable bonds is 9. The summed E-state index contributed by atoms with van der Waals surface area (Å²) in [5.74, 6) is -3.59. The van der Waals surface area contributed by atoms with Gasteiger partial charge in [-0.25, -0.2) is 4.79 Å². The van der Waals surface area contributed by atoms with E-state index in [1.807, 2.05) is 0 Å². The van der Waals surface area contributed by atoms with Crippen LogP contribution in [-0.4, -0.2) is 47.9 Å². The maximum absolute atomic E-state index is 10.9. The van der Waals surface area contributed by atoms with Crippen LogP contribution < -0.4 is 9.47 Å². The number of aldehydes is 1. The monoisotopic (exact) mass is 366 g/mol. The first kappa shape index (κ1) is 19.4. The largest absolute Gasteiger partial charge is 0.493 e. The van der Waals surface area contributed by atoms with Crippen molar-refractivity contribution in [1.29, 1.82) is 0 Å². The Morgan fingerprint density at radius 3 is 2.58 bits per heavy atom. The Hall–Kier alpha value is -2.88. The summed E-state index contributed by atoms with van der Waals surface area (Å²) in [5, 5.41) is 28.7. The summed E-state index contributed by atoms with van der Waals surface area (Å²) in [6.07, 6.45) is -1.58. The van der Waals surface area contributed by atoms with Crippen LogP contribution in [0.2, 0.25) is 0 Å². The number of carbonyl (C=O) groups excluding carboxylic acids is 1. The minimum atomic E-state index is -2.55. The highest BCUT2D eigenvalue weighted by atomic mass is 16.6. The zero-order chi connectivity index (χ0) is 19.3. The second-order valence-electron chi connectivity index (χ2n) is 5.22. The number of methoxy groups -OCH3 is 2. The standard InChI is InChI=1S/C17H18O9/c1-23-13-7-10(8-18)3-5-12(13)25-9-11-4-6-14(26-11)17(22,24-2)15(19)16(20)21/h3-8,15,19,22H,9H2,1-2H3,(H,20,21). The highest BCUT2D eigenvalue weighted by molar-refractivity contribution is 5.76. The normalized spacial score (nSPS) is 14.3.